The van der Waals surface area contributed by atoms with Gasteiger partial charge in [-0.05, 0) is 85.5 Å². The molecule has 0 aliphatic carbocycles. The Kier molecular flexibility index (Phi) is 13.9. The van der Waals surface area contributed by atoms with Gasteiger partial charge in [0.05, 0.1) is 27.8 Å². The number of carboxylic acids is 1. The van der Waals surface area contributed by atoms with Crippen LogP contribution in [-0.2, 0) is 11.2 Å². The molecule has 24 nitrogen and oxygen atoms in total. The van der Waals surface area contributed by atoms with Crippen LogP contribution in [0, 0.1) is 0 Å². The van der Waals surface area contributed by atoms with Crippen molar-refractivity contribution >= 4 is 35.8 Å². The summed E-state index contributed by atoms with van der Waals surface area (Å²) < 4.78 is 25.6. The number of hydrazine groups is 1. The van der Waals surface area contributed by atoms with Crippen molar-refractivity contribution in [1.29, 1.82) is 0 Å². The van der Waals surface area contributed by atoms with E-state index in [1.54, 1.807) is 0 Å². The number of hydrogen-bond acceptors (Lipinski definition) is 23. The first-order valence-electron chi connectivity index (χ1n) is 20.4. The summed E-state index contributed by atoms with van der Waals surface area (Å²) in [5.74, 6) is -23.2. The lowest BCUT2D eigenvalue weighted by molar-refractivity contribution is -0.136. The predicted octanol–water partition coefficient (Wildman–Crippen LogP) is 4.09. The van der Waals surface area contributed by atoms with Crippen molar-refractivity contribution in [1.82, 2.24) is 10.9 Å². The smallest absolute Gasteiger partial charge is 0.343 e. The molecule has 1 saturated heterocycles. The number of carboxylic acid groups (broad SMARTS) is 1. The molecule has 1 aliphatic rings. The van der Waals surface area contributed by atoms with Crippen LogP contribution in [0.4, 0.5) is 0 Å². The van der Waals surface area contributed by atoms with E-state index in [4.69, 9.17) is 23.7 Å². The summed E-state index contributed by atoms with van der Waals surface area (Å²) in [5.41, 5.74) is 3.59. The van der Waals surface area contributed by atoms with E-state index in [0.29, 0.717) is 67.4 Å². The zero-order chi connectivity index (χ0) is 51.4. The Hall–Kier alpha value is -9.94. The average Bonchev–Trinajstić information content (AvgIpc) is 3.82. The number of nitrogens with one attached hydrogen (secondary N) is 2. The zero-order valence-electron chi connectivity index (χ0n) is 35.8. The molecule has 0 amide bonds. The summed E-state index contributed by atoms with van der Waals surface area (Å²) in [7, 11) is 0. The van der Waals surface area contributed by atoms with Gasteiger partial charge >= 0.3 is 35.8 Å². The van der Waals surface area contributed by atoms with E-state index in [1.165, 1.54) is 0 Å². The van der Waals surface area contributed by atoms with Gasteiger partial charge in [0.2, 0.25) is 28.7 Å². The number of aryl methyl sites for hydroxylation is 1. The molecule has 1 aliphatic heterocycles. The van der Waals surface area contributed by atoms with Crippen LogP contribution in [0.2, 0.25) is 0 Å². The van der Waals surface area contributed by atoms with Crippen molar-refractivity contribution in [2.75, 3.05) is 0 Å². The number of carbonyl (C=O) groups excluding carboxylic acids is 5. The molecule has 6 aromatic rings. The van der Waals surface area contributed by atoms with Gasteiger partial charge in [-0.15, -0.1) is 0 Å². The minimum atomic E-state index is -1.58. The maximum atomic E-state index is 13.3. The normalized spacial score (nSPS) is 14.0. The summed E-state index contributed by atoms with van der Waals surface area (Å²) in [5, 5.41) is 113. The molecule has 0 spiro atoms. The second kappa shape index (κ2) is 20.1. The summed E-state index contributed by atoms with van der Waals surface area (Å²) in [6, 6.07) is 15.2. The fraction of sp³-hybridized carbons (Fsp3) is 0.106. The highest BCUT2D eigenvalue weighted by Crippen LogP contribution is 2.43. The number of phenolic OH excluding ortho intramolecular Hbond substituents is 10. The highest BCUT2D eigenvalue weighted by Gasteiger charge is 2.32. The molecule has 0 aromatic heterocycles. The fourth-order valence-corrected chi connectivity index (χ4v) is 6.72. The van der Waals surface area contributed by atoms with Crippen molar-refractivity contribution in [3.05, 3.63) is 124 Å². The molecule has 6 aromatic carbocycles. The second-order valence-electron chi connectivity index (χ2n) is 15.3. The van der Waals surface area contributed by atoms with Crippen molar-refractivity contribution < 1.29 is 109 Å². The highest BCUT2D eigenvalue weighted by atomic mass is 16.6. The van der Waals surface area contributed by atoms with Gasteiger partial charge in [0.15, 0.2) is 57.5 Å². The summed E-state index contributed by atoms with van der Waals surface area (Å²) >= 11 is 0. The third-order valence-corrected chi connectivity index (χ3v) is 10.4. The minimum Gasteiger partial charge on any atom is -0.504 e. The van der Waals surface area contributed by atoms with Crippen LogP contribution >= 0.6 is 0 Å². The maximum Gasteiger partial charge on any atom is 0.343 e. The Balaban J connectivity index is 1.03. The van der Waals surface area contributed by atoms with Crippen molar-refractivity contribution in [3.63, 3.8) is 0 Å². The summed E-state index contributed by atoms with van der Waals surface area (Å²) in [6.07, 6.45) is 1.66. The topological polar surface area (TPSA) is 395 Å². The van der Waals surface area contributed by atoms with E-state index in [9.17, 15) is 84.9 Å². The monoisotopic (exact) mass is 980 g/mol. The third-order valence-electron chi connectivity index (χ3n) is 10.4. The number of aromatic hydroxyl groups is 10. The van der Waals surface area contributed by atoms with Gasteiger partial charge in [-0.1, -0.05) is 30.3 Å². The number of rotatable bonds is 14. The lowest BCUT2D eigenvalue weighted by atomic mass is 10.0. The van der Waals surface area contributed by atoms with Crippen LogP contribution < -0.4 is 34.5 Å². The van der Waals surface area contributed by atoms with Crippen LogP contribution in [0.15, 0.2) is 91.0 Å². The first-order chi connectivity index (χ1) is 33.7. The van der Waals surface area contributed by atoms with Gasteiger partial charge in [0.1, 0.15) is 6.04 Å². The molecule has 1 fully saturated rings. The number of benzene rings is 6. The van der Waals surface area contributed by atoms with E-state index in [2.05, 4.69) is 10.9 Å². The van der Waals surface area contributed by atoms with Crippen LogP contribution in [0.1, 0.15) is 70.2 Å². The van der Waals surface area contributed by atoms with Crippen molar-refractivity contribution in [2.45, 2.75) is 31.3 Å². The molecule has 71 heavy (non-hydrogen) atoms. The minimum absolute atomic E-state index is 0.134. The van der Waals surface area contributed by atoms with Gasteiger partial charge in [-0.25, -0.2) is 34.2 Å². The first-order valence-corrected chi connectivity index (χ1v) is 20.4. The SMILES string of the molecule is O=C(O)c1cc(O)c(O)c(OC(=O)c2cc(O)c(O)c(OC(=O)c3cc(O)c(O)c(OC(=O)c4cc(O)c(O)c(OC(=O)c5cc(O)c(O)c(OC(=O)C6CC(CCc7ccccc7)NN6)c5)c4)c3)c2)c1. The summed E-state index contributed by atoms with van der Waals surface area (Å²) in [6.45, 7) is 0. The molecule has 366 valence electrons. The first kappa shape index (κ1) is 49.0. The van der Waals surface area contributed by atoms with E-state index in [0.717, 1.165) is 11.6 Å². The Morgan fingerprint density at radius 2 is 0.761 bits per heavy atom. The van der Waals surface area contributed by atoms with Crippen molar-refractivity contribution in [2.24, 2.45) is 0 Å². The fourth-order valence-electron chi connectivity index (χ4n) is 6.72. The Bertz CT molecular complexity index is 3160. The van der Waals surface area contributed by atoms with Gasteiger partial charge in [0.25, 0.3) is 0 Å². The lowest BCUT2D eigenvalue weighted by Crippen LogP contribution is -2.39. The number of esters is 5. The zero-order valence-corrected chi connectivity index (χ0v) is 35.8. The van der Waals surface area contributed by atoms with Crippen LogP contribution in [0.25, 0.3) is 0 Å². The second-order valence-corrected chi connectivity index (χ2v) is 15.3. The van der Waals surface area contributed by atoms with Gasteiger partial charge in [-0.2, -0.15) is 0 Å². The largest absolute Gasteiger partial charge is 0.504 e. The highest BCUT2D eigenvalue weighted by molar-refractivity contribution is 5.98. The van der Waals surface area contributed by atoms with E-state index < -0.39 is 156 Å². The molecule has 0 bridgehead atoms. The molecular formula is C47H36N2O22. The van der Waals surface area contributed by atoms with Crippen LogP contribution in [0.5, 0.6) is 86.2 Å². The van der Waals surface area contributed by atoms with Crippen LogP contribution in [0.3, 0.4) is 0 Å². The molecular weight excluding hydrogens is 945 g/mol. The number of phenols is 10. The Morgan fingerprint density at radius 1 is 0.437 bits per heavy atom. The van der Waals surface area contributed by atoms with E-state index in [1.807, 2.05) is 30.3 Å². The molecule has 1 heterocycles. The van der Waals surface area contributed by atoms with Gasteiger partial charge < -0.3 is 79.9 Å². The molecule has 24 heteroatoms. The molecule has 7 rings (SSSR count). The number of hydrogen-bond donors (Lipinski definition) is 13. The molecule has 2 unspecified atom stereocenters. The number of carbonyl (C=O) groups is 6. The van der Waals surface area contributed by atoms with Gasteiger partial charge in [0, 0.05) is 6.04 Å². The average molecular weight is 981 g/mol. The lowest BCUT2D eigenvalue weighted by Gasteiger charge is -2.14. The molecule has 13 N–H and O–H groups in total. The van der Waals surface area contributed by atoms with Gasteiger partial charge in [-0.3, -0.25) is 5.43 Å². The maximum absolute atomic E-state index is 13.3. The summed E-state index contributed by atoms with van der Waals surface area (Å²) in [4.78, 5) is 77.2. The van der Waals surface area contributed by atoms with E-state index in [-0.39, 0.29) is 12.5 Å². The standard InChI is InChI=1S/C47H36N2O22/c50-27-8-20(42(60)61)13-32(37(27)55)67-43(62)21-9-28(51)38(56)33(14-21)68-44(63)22-10-29(52)39(57)34(15-22)69-45(64)23-11-30(53)40(58)35(16-23)70-46(65)24-12-31(54)41(59)36(17-24)71-47(66)26-18-25(48-49-26)7-6-19-4-2-1-3-5-19/h1-5,8-17,25-26,48-59H,6-7,18H2,(H,60,61). The quantitative estimate of drug-likeness (QED) is 0.0415. The van der Waals surface area contributed by atoms with Crippen LogP contribution in [-0.4, -0.2) is 104 Å². The predicted molar refractivity (Wildman–Crippen MR) is 235 cm³/mol. The van der Waals surface area contributed by atoms with E-state index >= 15 is 0 Å². The molecule has 0 saturated carbocycles. The molecule has 0 radical (unpaired) electrons. The van der Waals surface area contributed by atoms with Crippen molar-refractivity contribution in [3.8, 4) is 86.2 Å². The number of aromatic carboxylic acids is 1. The molecule has 2 atom stereocenters. The Labute approximate surface area is 396 Å². The third kappa shape index (κ3) is 10.9. The number of ether oxygens (including phenoxy) is 5. The Morgan fingerprint density at radius 3 is 1.11 bits per heavy atom.